The fourth-order valence-electron chi connectivity index (χ4n) is 1.49. The highest BCUT2D eigenvalue weighted by molar-refractivity contribution is 5.30. The first-order chi connectivity index (χ1) is 7.69. The summed E-state index contributed by atoms with van der Waals surface area (Å²) in [5, 5.41) is 2.83. The average Bonchev–Trinajstić information content (AvgIpc) is 2.29. The van der Waals surface area contributed by atoms with Gasteiger partial charge in [-0.25, -0.2) is 8.78 Å². The molecule has 1 aromatic rings. The Balaban J connectivity index is 2.82. The van der Waals surface area contributed by atoms with Crippen molar-refractivity contribution in [3.63, 3.8) is 0 Å². The molecular weight excluding hydrogens is 212 g/mol. The zero-order chi connectivity index (χ0) is 12.0. The molecular formula is C12H17F2NO. The Kier molecular flexibility index (Phi) is 5.19. The van der Waals surface area contributed by atoms with Crippen LogP contribution in [-0.2, 0) is 0 Å². The van der Waals surface area contributed by atoms with Gasteiger partial charge in [-0.05, 0) is 30.7 Å². The van der Waals surface area contributed by atoms with Crippen LogP contribution in [0.4, 0.5) is 8.78 Å². The molecule has 0 aromatic heterocycles. The van der Waals surface area contributed by atoms with Gasteiger partial charge in [-0.2, -0.15) is 0 Å². The van der Waals surface area contributed by atoms with Crippen LogP contribution in [0.15, 0.2) is 24.3 Å². The molecule has 16 heavy (non-hydrogen) atoms. The van der Waals surface area contributed by atoms with E-state index in [1.165, 1.54) is 7.11 Å². The lowest BCUT2D eigenvalue weighted by Crippen LogP contribution is -2.27. The maximum atomic E-state index is 12.8. The summed E-state index contributed by atoms with van der Waals surface area (Å²) in [7, 11) is 1.52. The van der Waals surface area contributed by atoms with Crippen molar-refractivity contribution >= 4 is 0 Å². The zero-order valence-electron chi connectivity index (χ0n) is 9.54. The van der Waals surface area contributed by atoms with Crippen LogP contribution in [0.25, 0.3) is 0 Å². The van der Waals surface area contributed by atoms with Crippen molar-refractivity contribution in [2.75, 3.05) is 13.7 Å². The summed E-state index contributed by atoms with van der Waals surface area (Å²) in [4.78, 5) is 0. The van der Waals surface area contributed by atoms with E-state index in [4.69, 9.17) is 4.74 Å². The molecule has 0 heterocycles. The van der Waals surface area contributed by atoms with Gasteiger partial charge in [0, 0.05) is 0 Å². The number of nitrogens with one attached hydrogen (secondary N) is 1. The fraction of sp³-hybridized carbons (Fsp3) is 0.500. The lowest BCUT2D eigenvalue weighted by molar-refractivity contribution is 0.0984. The molecule has 0 saturated heterocycles. The Bertz CT molecular complexity index is 318. The molecule has 1 rings (SSSR count). The van der Waals surface area contributed by atoms with Crippen LogP contribution in [0, 0.1) is 0 Å². The molecule has 0 aliphatic heterocycles. The topological polar surface area (TPSA) is 21.3 Å². The first kappa shape index (κ1) is 12.9. The van der Waals surface area contributed by atoms with E-state index >= 15 is 0 Å². The largest absolute Gasteiger partial charge is 0.497 e. The van der Waals surface area contributed by atoms with Gasteiger partial charge in [0.25, 0.3) is 6.43 Å². The van der Waals surface area contributed by atoms with E-state index < -0.39 is 12.5 Å². The van der Waals surface area contributed by atoms with Crippen molar-refractivity contribution in [2.24, 2.45) is 0 Å². The van der Waals surface area contributed by atoms with Gasteiger partial charge in [-0.15, -0.1) is 0 Å². The third-order valence-corrected chi connectivity index (χ3v) is 2.32. The lowest BCUT2D eigenvalue weighted by atomic mass is 10.1. The van der Waals surface area contributed by atoms with Crippen molar-refractivity contribution in [1.29, 1.82) is 0 Å². The van der Waals surface area contributed by atoms with Crippen molar-refractivity contribution in [3.05, 3.63) is 29.8 Å². The fourth-order valence-corrected chi connectivity index (χ4v) is 1.49. The number of methoxy groups -OCH3 is 1. The van der Waals surface area contributed by atoms with Gasteiger partial charge in [-0.3, -0.25) is 0 Å². The number of rotatable bonds is 6. The number of ether oxygens (including phenoxy) is 1. The van der Waals surface area contributed by atoms with Crippen LogP contribution < -0.4 is 10.1 Å². The third kappa shape index (κ3) is 3.45. The summed E-state index contributed by atoms with van der Waals surface area (Å²) in [6, 6.07) is 5.86. The van der Waals surface area contributed by atoms with Crippen LogP contribution in [0.3, 0.4) is 0 Å². The molecule has 4 heteroatoms. The second-order valence-corrected chi connectivity index (χ2v) is 3.54. The van der Waals surface area contributed by atoms with Crippen LogP contribution >= 0.6 is 0 Å². The molecule has 1 aromatic carbocycles. The molecule has 0 saturated carbocycles. The van der Waals surface area contributed by atoms with Crippen molar-refractivity contribution < 1.29 is 13.5 Å². The summed E-state index contributed by atoms with van der Waals surface area (Å²) < 4.78 is 30.7. The third-order valence-electron chi connectivity index (χ3n) is 2.32. The first-order valence-electron chi connectivity index (χ1n) is 5.34. The van der Waals surface area contributed by atoms with E-state index in [-0.39, 0.29) is 0 Å². The zero-order valence-corrected chi connectivity index (χ0v) is 9.54. The minimum Gasteiger partial charge on any atom is -0.497 e. The molecule has 1 N–H and O–H groups in total. The van der Waals surface area contributed by atoms with E-state index in [2.05, 4.69) is 5.32 Å². The van der Waals surface area contributed by atoms with E-state index in [0.29, 0.717) is 17.9 Å². The Labute approximate surface area is 94.6 Å². The van der Waals surface area contributed by atoms with Crippen molar-refractivity contribution in [3.8, 4) is 5.75 Å². The molecule has 0 aliphatic rings. The average molecular weight is 229 g/mol. The quantitative estimate of drug-likeness (QED) is 0.809. The highest BCUT2D eigenvalue weighted by Crippen LogP contribution is 2.24. The number of alkyl halides is 2. The smallest absolute Gasteiger partial charge is 0.257 e. The Morgan fingerprint density at radius 1 is 1.38 bits per heavy atom. The Morgan fingerprint density at radius 3 is 2.69 bits per heavy atom. The number of halogens is 2. The van der Waals surface area contributed by atoms with Gasteiger partial charge in [0.15, 0.2) is 0 Å². The summed E-state index contributed by atoms with van der Waals surface area (Å²) in [5.41, 5.74) is 0.558. The normalized spacial score (nSPS) is 12.8. The van der Waals surface area contributed by atoms with Crippen molar-refractivity contribution in [2.45, 2.75) is 25.8 Å². The van der Waals surface area contributed by atoms with E-state index in [1.54, 1.807) is 24.3 Å². The Morgan fingerprint density at radius 2 is 2.12 bits per heavy atom. The number of hydrogen-bond acceptors (Lipinski definition) is 2. The summed E-state index contributed by atoms with van der Waals surface area (Å²) in [6.45, 7) is 2.52. The highest BCUT2D eigenvalue weighted by atomic mass is 19.3. The molecule has 90 valence electrons. The van der Waals surface area contributed by atoms with E-state index in [0.717, 1.165) is 6.42 Å². The maximum Gasteiger partial charge on any atom is 0.257 e. The molecule has 0 amide bonds. The molecule has 0 bridgehead atoms. The second kappa shape index (κ2) is 6.43. The second-order valence-electron chi connectivity index (χ2n) is 3.54. The SMILES string of the molecule is CCCNC(c1cccc(OC)c1)C(F)F. The molecule has 0 spiro atoms. The standard InChI is InChI=1S/C12H17F2NO/c1-3-7-15-11(12(13)14)9-5-4-6-10(8-9)16-2/h4-6,8,11-12,15H,3,7H2,1-2H3. The first-order valence-corrected chi connectivity index (χ1v) is 5.34. The summed E-state index contributed by atoms with van der Waals surface area (Å²) in [6.07, 6.45) is -1.59. The minimum atomic E-state index is -2.42. The van der Waals surface area contributed by atoms with Crippen LogP contribution in [-0.4, -0.2) is 20.1 Å². The number of benzene rings is 1. The van der Waals surface area contributed by atoms with Gasteiger partial charge < -0.3 is 10.1 Å². The van der Waals surface area contributed by atoms with Gasteiger partial charge >= 0.3 is 0 Å². The molecule has 1 atom stereocenters. The monoisotopic (exact) mass is 229 g/mol. The van der Waals surface area contributed by atoms with Crippen LogP contribution in [0.5, 0.6) is 5.75 Å². The molecule has 1 unspecified atom stereocenters. The molecule has 2 nitrogen and oxygen atoms in total. The van der Waals surface area contributed by atoms with Crippen molar-refractivity contribution in [1.82, 2.24) is 5.32 Å². The summed E-state index contributed by atoms with van der Waals surface area (Å²) in [5.74, 6) is 0.599. The lowest BCUT2D eigenvalue weighted by Gasteiger charge is -2.18. The van der Waals surface area contributed by atoms with E-state index in [9.17, 15) is 8.78 Å². The number of hydrogen-bond donors (Lipinski definition) is 1. The van der Waals surface area contributed by atoms with Gasteiger partial charge in [0.1, 0.15) is 5.75 Å². The van der Waals surface area contributed by atoms with Crippen LogP contribution in [0.1, 0.15) is 24.9 Å². The van der Waals surface area contributed by atoms with Gasteiger partial charge in [0.2, 0.25) is 0 Å². The van der Waals surface area contributed by atoms with Gasteiger partial charge in [-0.1, -0.05) is 19.1 Å². The minimum absolute atomic E-state index is 0.558. The van der Waals surface area contributed by atoms with Crippen LogP contribution in [0.2, 0.25) is 0 Å². The highest BCUT2D eigenvalue weighted by Gasteiger charge is 2.21. The molecule has 0 aliphatic carbocycles. The van der Waals surface area contributed by atoms with E-state index in [1.807, 2.05) is 6.92 Å². The summed E-state index contributed by atoms with van der Waals surface area (Å²) >= 11 is 0. The predicted molar refractivity (Wildman–Crippen MR) is 60.0 cm³/mol. The maximum absolute atomic E-state index is 12.8. The predicted octanol–water partition coefficient (Wildman–Crippen LogP) is 3.00. The Hall–Kier alpha value is -1.16. The molecule has 0 radical (unpaired) electrons. The molecule has 0 fully saturated rings. The van der Waals surface area contributed by atoms with Gasteiger partial charge in [0.05, 0.1) is 13.2 Å².